The molecule has 0 atom stereocenters. The van der Waals surface area contributed by atoms with Crippen molar-refractivity contribution >= 4 is 0 Å². The second-order valence-electron chi connectivity index (χ2n) is 9.42. The smallest absolute Gasteiger partial charge is 0.264 e. The first kappa shape index (κ1) is 24.3. The first-order valence-corrected chi connectivity index (χ1v) is 11.9. The molecular formula is C29H32N4O2. The van der Waals surface area contributed by atoms with E-state index in [1.165, 1.54) is 0 Å². The van der Waals surface area contributed by atoms with E-state index in [9.17, 15) is 4.79 Å². The molecule has 0 aliphatic rings. The monoisotopic (exact) mass is 468 g/mol. The normalized spacial score (nSPS) is 11.2. The molecule has 2 heterocycles. The van der Waals surface area contributed by atoms with Crippen LogP contribution >= 0.6 is 0 Å². The Morgan fingerprint density at radius 1 is 0.943 bits per heavy atom. The van der Waals surface area contributed by atoms with Crippen LogP contribution < -0.4 is 10.3 Å². The lowest BCUT2D eigenvalue weighted by atomic mass is 10.0. The van der Waals surface area contributed by atoms with E-state index in [2.05, 4.69) is 29.9 Å². The van der Waals surface area contributed by atoms with E-state index in [0.717, 1.165) is 45.0 Å². The average molecular weight is 469 g/mol. The Morgan fingerprint density at radius 2 is 1.71 bits per heavy atom. The summed E-state index contributed by atoms with van der Waals surface area (Å²) in [5.74, 6) is 1.96. The first-order chi connectivity index (χ1) is 16.7. The van der Waals surface area contributed by atoms with Crippen LogP contribution in [0.25, 0.3) is 16.9 Å². The van der Waals surface area contributed by atoms with Crippen molar-refractivity contribution in [1.82, 2.24) is 19.5 Å². The highest BCUT2D eigenvalue weighted by Gasteiger charge is 2.17. The predicted octanol–water partition coefficient (Wildman–Crippen LogP) is 5.93. The molecule has 0 N–H and O–H groups in total. The van der Waals surface area contributed by atoms with Crippen LogP contribution in [0.15, 0.2) is 53.5 Å². The van der Waals surface area contributed by atoms with Crippen molar-refractivity contribution in [3.05, 3.63) is 98.5 Å². The first-order valence-electron chi connectivity index (χ1n) is 11.9. The van der Waals surface area contributed by atoms with Crippen LogP contribution in [0.4, 0.5) is 0 Å². The molecule has 0 aliphatic carbocycles. The molecule has 4 aromatic rings. The van der Waals surface area contributed by atoms with E-state index in [1.807, 2.05) is 70.3 Å². The van der Waals surface area contributed by atoms with Crippen LogP contribution in [0, 0.1) is 34.6 Å². The summed E-state index contributed by atoms with van der Waals surface area (Å²) in [4.78, 5) is 27.4. The maximum atomic E-state index is 13.5. The molecule has 0 fully saturated rings. The highest BCUT2D eigenvalue weighted by molar-refractivity contribution is 5.66. The van der Waals surface area contributed by atoms with Crippen LogP contribution in [-0.4, -0.2) is 19.5 Å². The van der Waals surface area contributed by atoms with Gasteiger partial charge in [-0.25, -0.2) is 9.97 Å². The van der Waals surface area contributed by atoms with Gasteiger partial charge in [-0.15, -0.1) is 0 Å². The zero-order valence-corrected chi connectivity index (χ0v) is 21.5. The number of nitrogens with zero attached hydrogens (tertiary/aromatic N) is 4. The molecule has 0 unspecified atom stereocenters. The molecule has 35 heavy (non-hydrogen) atoms. The van der Waals surface area contributed by atoms with Crippen molar-refractivity contribution in [2.45, 2.75) is 61.0 Å². The Morgan fingerprint density at radius 3 is 2.43 bits per heavy atom. The molecule has 0 amide bonds. The third kappa shape index (κ3) is 5.02. The molecule has 0 spiro atoms. The number of rotatable bonds is 6. The van der Waals surface area contributed by atoms with E-state index in [4.69, 9.17) is 9.72 Å². The average Bonchev–Trinajstić information content (AvgIpc) is 2.82. The summed E-state index contributed by atoms with van der Waals surface area (Å²) in [7, 11) is 0. The molecule has 6 nitrogen and oxygen atoms in total. The maximum Gasteiger partial charge on any atom is 0.264 e. The van der Waals surface area contributed by atoms with Gasteiger partial charge in [-0.3, -0.25) is 9.36 Å². The van der Waals surface area contributed by atoms with E-state index in [0.29, 0.717) is 23.9 Å². The van der Waals surface area contributed by atoms with Crippen molar-refractivity contribution in [2.75, 3.05) is 0 Å². The molecule has 0 saturated carbocycles. The fourth-order valence-corrected chi connectivity index (χ4v) is 4.09. The summed E-state index contributed by atoms with van der Waals surface area (Å²) in [6.07, 6.45) is 1.86. The summed E-state index contributed by atoms with van der Waals surface area (Å²) in [5, 5.41) is 0. The lowest BCUT2D eigenvalue weighted by molar-refractivity contribution is 0.289. The number of hydrogen-bond donors (Lipinski definition) is 0. The van der Waals surface area contributed by atoms with Gasteiger partial charge in [0.15, 0.2) is 0 Å². The van der Waals surface area contributed by atoms with Gasteiger partial charge in [0.2, 0.25) is 5.88 Å². The third-order valence-electron chi connectivity index (χ3n) is 6.12. The molecule has 0 bridgehead atoms. The lowest BCUT2D eigenvalue weighted by Gasteiger charge is -2.17. The molecular weight excluding hydrogens is 436 g/mol. The minimum absolute atomic E-state index is 0.140. The van der Waals surface area contributed by atoms with E-state index >= 15 is 0 Å². The Bertz CT molecular complexity index is 1450. The standard InChI is InChI=1S/C29H32N4O2/c1-17(2)27-30-15-20(5)26(32-27)24-12-11-19(4)25(14-24)33-22(7)31-28(21(6)29(33)34)35-16-23-10-8-9-18(3)13-23/h8-15,17H,16H2,1-7H3. The largest absolute Gasteiger partial charge is 0.472 e. The molecule has 6 heteroatoms. The Hall–Kier alpha value is -3.80. The van der Waals surface area contributed by atoms with Crippen molar-refractivity contribution in [1.29, 1.82) is 0 Å². The summed E-state index contributed by atoms with van der Waals surface area (Å²) < 4.78 is 7.62. The van der Waals surface area contributed by atoms with Crippen molar-refractivity contribution in [3.63, 3.8) is 0 Å². The Balaban J connectivity index is 1.75. The molecule has 2 aromatic heterocycles. The third-order valence-corrected chi connectivity index (χ3v) is 6.12. The predicted molar refractivity (Wildman–Crippen MR) is 139 cm³/mol. The number of benzene rings is 2. The zero-order chi connectivity index (χ0) is 25.3. The highest BCUT2D eigenvalue weighted by atomic mass is 16.5. The fourth-order valence-electron chi connectivity index (χ4n) is 4.09. The van der Waals surface area contributed by atoms with Crippen LogP contribution in [0.2, 0.25) is 0 Å². The van der Waals surface area contributed by atoms with E-state index in [-0.39, 0.29) is 11.5 Å². The van der Waals surface area contributed by atoms with Gasteiger partial charge in [-0.2, -0.15) is 4.98 Å². The van der Waals surface area contributed by atoms with E-state index in [1.54, 1.807) is 11.5 Å². The molecule has 180 valence electrons. The van der Waals surface area contributed by atoms with Crippen LogP contribution in [-0.2, 0) is 6.61 Å². The number of hydrogen-bond acceptors (Lipinski definition) is 5. The van der Waals surface area contributed by atoms with E-state index < -0.39 is 0 Å². The molecule has 4 rings (SSSR count). The van der Waals surface area contributed by atoms with Crippen molar-refractivity contribution in [3.8, 4) is 22.8 Å². The summed E-state index contributed by atoms with van der Waals surface area (Å²) in [6, 6.07) is 14.2. The summed E-state index contributed by atoms with van der Waals surface area (Å²) >= 11 is 0. The Kier molecular flexibility index (Phi) is 6.83. The zero-order valence-electron chi connectivity index (χ0n) is 21.5. The number of ether oxygens (including phenoxy) is 1. The van der Waals surface area contributed by atoms with Crippen LogP contribution in [0.5, 0.6) is 5.88 Å². The van der Waals surface area contributed by atoms with Gasteiger partial charge in [0.05, 0.1) is 16.9 Å². The highest BCUT2D eigenvalue weighted by Crippen LogP contribution is 2.27. The van der Waals surface area contributed by atoms with Gasteiger partial charge >= 0.3 is 0 Å². The SMILES string of the molecule is Cc1cccc(COc2nc(C)n(-c3cc(-c4nc(C(C)C)ncc4C)ccc3C)c(=O)c2C)c1. The fraction of sp³-hybridized carbons (Fsp3) is 0.310. The van der Waals surface area contributed by atoms with Crippen LogP contribution in [0.3, 0.4) is 0 Å². The lowest BCUT2D eigenvalue weighted by Crippen LogP contribution is -2.26. The van der Waals surface area contributed by atoms with Crippen molar-refractivity contribution in [2.24, 2.45) is 0 Å². The molecule has 0 aliphatic heterocycles. The van der Waals surface area contributed by atoms with Gasteiger partial charge in [-0.1, -0.05) is 55.8 Å². The Labute approximate surface area is 206 Å². The molecule has 0 saturated heterocycles. The van der Waals surface area contributed by atoms with Gasteiger partial charge in [0, 0.05) is 17.7 Å². The molecule has 0 radical (unpaired) electrons. The second-order valence-corrected chi connectivity index (χ2v) is 9.42. The second kappa shape index (κ2) is 9.82. The quantitative estimate of drug-likeness (QED) is 0.351. The van der Waals surface area contributed by atoms with Crippen LogP contribution in [0.1, 0.15) is 59.2 Å². The number of aromatic nitrogens is 4. The van der Waals surface area contributed by atoms with Gasteiger partial charge in [0.1, 0.15) is 18.3 Å². The van der Waals surface area contributed by atoms with Gasteiger partial charge in [-0.05, 0) is 57.4 Å². The van der Waals surface area contributed by atoms with Gasteiger partial charge < -0.3 is 4.74 Å². The minimum atomic E-state index is -0.140. The van der Waals surface area contributed by atoms with Crippen molar-refractivity contribution < 1.29 is 4.74 Å². The minimum Gasteiger partial charge on any atom is -0.472 e. The molecule has 2 aromatic carbocycles. The maximum absolute atomic E-state index is 13.5. The summed E-state index contributed by atoms with van der Waals surface area (Å²) in [6.45, 7) is 14.2. The topological polar surface area (TPSA) is 69.9 Å². The van der Waals surface area contributed by atoms with Gasteiger partial charge in [0.25, 0.3) is 5.56 Å². The number of aryl methyl sites for hydroxylation is 4. The summed E-state index contributed by atoms with van der Waals surface area (Å²) in [5.41, 5.74) is 7.11.